The van der Waals surface area contributed by atoms with E-state index in [-0.39, 0.29) is 14.9 Å². The van der Waals surface area contributed by atoms with Gasteiger partial charge in [0.2, 0.25) is 0 Å². The lowest BCUT2D eigenvalue weighted by molar-refractivity contribution is -0.137. The van der Waals surface area contributed by atoms with Gasteiger partial charge in [0, 0.05) is 9.13 Å². The van der Waals surface area contributed by atoms with Crippen LogP contribution in [0.1, 0.15) is 22.8 Å². The van der Waals surface area contributed by atoms with Crippen LogP contribution in [0.2, 0.25) is 0 Å². The maximum atomic E-state index is 12.3. The van der Waals surface area contributed by atoms with Gasteiger partial charge in [-0.15, -0.1) is 11.6 Å². The molecule has 1 aromatic rings. The average molecular weight is 363 g/mol. The third-order valence-corrected chi connectivity index (χ3v) is 3.01. The number of carbonyl (C=O) groups excluding carboxylic acids is 1. The van der Waals surface area contributed by atoms with Crippen molar-refractivity contribution in [1.82, 2.24) is 0 Å². The minimum Gasteiger partial charge on any atom is -0.292 e. The van der Waals surface area contributed by atoms with Crippen LogP contribution in [0, 0.1) is 3.57 Å². The van der Waals surface area contributed by atoms with E-state index in [0.29, 0.717) is 0 Å². The Morgan fingerprint density at radius 1 is 1.44 bits per heavy atom. The number of benzene rings is 1. The van der Waals surface area contributed by atoms with Gasteiger partial charge in [0.05, 0.1) is 10.9 Å². The molecule has 0 aromatic heterocycles. The molecule has 1 unspecified atom stereocenters. The van der Waals surface area contributed by atoms with Gasteiger partial charge in [0.25, 0.3) is 0 Å². The van der Waals surface area contributed by atoms with Crippen molar-refractivity contribution >= 4 is 40.0 Å². The van der Waals surface area contributed by atoms with Crippen LogP contribution in [0.3, 0.4) is 0 Å². The molecular weight excluding hydrogens is 355 g/mol. The van der Waals surface area contributed by atoms with Crippen molar-refractivity contribution in [3.8, 4) is 0 Å². The second-order valence-electron chi connectivity index (χ2n) is 3.17. The van der Waals surface area contributed by atoms with E-state index in [1.54, 1.807) is 22.6 Å². The van der Waals surface area contributed by atoms with Crippen LogP contribution in [0.15, 0.2) is 18.2 Å². The number of carbonyl (C=O) groups is 1. The van der Waals surface area contributed by atoms with Crippen molar-refractivity contribution in [2.75, 3.05) is 0 Å². The van der Waals surface area contributed by atoms with E-state index < -0.39 is 17.1 Å². The Bertz CT molecular complexity index is 415. The maximum Gasteiger partial charge on any atom is 0.416 e. The van der Waals surface area contributed by atoms with Crippen molar-refractivity contribution in [1.29, 1.82) is 0 Å². The minimum absolute atomic E-state index is 0.219. The number of ketones is 1. The van der Waals surface area contributed by atoms with Gasteiger partial charge >= 0.3 is 6.18 Å². The quantitative estimate of drug-likeness (QED) is 0.439. The van der Waals surface area contributed by atoms with Gasteiger partial charge in [-0.05, 0) is 47.7 Å². The summed E-state index contributed by atoms with van der Waals surface area (Å²) in [6.07, 6.45) is -4.39. The Kier molecular flexibility index (Phi) is 4.23. The fourth-order valence-corrected chi connectivity index (χ4v) is 2.00. The summed E-state index contributed by atoms with van der Waals surface area (Å²) >= 11 is 7.28. The minimum atomic E-state index is -4.39. The van der Waals surface area contributed by atoms with E-state index in [1.165, 1.54) is 6.92 Å². The first-order valence-electron chi connectivity index (χ1n) is 4.28. The zero-order valence-electron chi connectivity index (χ0n) is 8.11. The molecule has 1 rings (SSSR count). The molecule has 0 N–H and O–H groups in total. The Labute approximate surface area is 109 Å². The van der Waals surface area contributed by atoms with E-state index >= 15 is 0 Å². The van der Waals surface area contributed by atoms with E-state index in [1.807, 2.05) is 0 Å². The molecule has 0 aliphatic heterocycles. The molecule has 0 amide bonds. The Hall–Kier alpha value is -0.300. The molecule has 0 radical (unpaired) electrons. The van der Waals surface area contributed by atoms with E-state index in [2.05, 4.69) is 0 Å². The van der Waals surface area contributed by atoms with Gasteiger partial charge in [0.15, 0.2) is 5.78 Å². The van der Waals surface area contributed by atoms with Crippen molar-refractivity contribution in [2.45, 2.75) is 18.5 Å². The summed E-state index contributed by atoms with van der Waals surface area (Å²) in [4.78, 5) is 11.5. The molecule has 0 aliphatic rings. The lowest BCUT2D eigenvalue weighted by Gasteiger charge is -2.10. The molecule has 6 heteroatoms. The Morgan fingerprint density at radius 2 is 2.00 bits per heavy atom. The van der Waals surface area contributed by atoms with Crippen LogP contribution in [0.25, 0.3) is 0 Å². The largest absolute Gasteiger partial charge is 0.416 e. The average Bonchev–Trinajstić information content (AvgIpc) is 2.15. The highest BCUT2D eigenvalue weighted by Crippen LogP contribution is 2.31. The predicted molar refractivity (Wildman–Crippen MR) is 63.8 cm³/mol. The van der Waals surface area contributed by atoms with Crippen molar-refractivity contribution in [3.05, 3.63) is 32.9 Å². The zero-order valence-corrected chi connectivity index (χ0v) is 11.0. The molecule has 88 valence electrons. The number of alkyl halides is 4. The standard InChI is InChI=1S/C10H7ClF3IO/c1-5(11)9(16)7-3-2-6(4-8(7)15)10(12,13)14/h2-5H,1H3. The molecule has 1 atom stereocenters. The summed E-state index contributed by atoms with van der Waals surface area (Å²) in [5, 5.41) is -0.745. The molecule has 0 heterocycles. The first kappa shape index (κ1) is 13.8. The number of Topliss-reactive ketones (excluding diaryl/α,β-unsaturated/α-hetero) is 1. The topological polar surface area (TPSA) is 17.1 Å². The lowest BCUT2D eigenvalue weighted by atomic mass is 10.1. The van der Waals surface area contributed by atoms with Crippen LogP contribution in [0.5, 0.6) is 0 Å². The number of hydrogen-bond acceptors (Lipinski definition) is 1. The summed E-state index contributed by atoms with van der Waals surface area (Å²) in [5.41, 5.74) is -0.549. The molecule has 0 fully saturated rings. The summed E-state index contributed by atoms with van der Waals surface area (Å²) in [7, 11) is 0. The first-order valence-corrected chi connectivity index (χ1v) is 5.80. The van der Waals surface area contributed by atoms with Gasteiger partial charge in [-0.1, -0.05) is 0 Å². The third kappa shape index (κ3) is 3.10. The normalized spacial score (nSPS) is 13.6. The van der Waals surface area contributed by atoms with Gasteiger partial charge in [-0.25, -0.2) is 0 Å². The number of hydrogen-bond donors (Lipinski definition) is 0. The fraction of sp³-hybridized carbons (Fsp3) is 0.300. The van der Waals surface area contributed by atoms with Gasteiger partial charge in [0.1, 0.15) is 0 Å². The second-order valence-corrected chi connectivity index (χ2v) is 4.99. The highest BCUT2D eigenvalue weighted by atomic mass is 127. The first-order chi connectivity index (χ1) is 7.23. The Morgan fingerprint density at radius 3 is 2.38 bits per heavy atom. The molecule has 0 bridgehead atoms. The van der Waals surface area contributed by atoms with Crippen LogP contribution >= 0.6 is 34.2 Å². The summed E-state index contributed by atoms with van der Waals surface area (Å²) in [6, 6.07) is 2.98. The summed E-state index contributed by atoms with van der Waals surface area (Å²) < 4.78 is 37.3. The van der Waals surface area contributed by atoms with Crippen molar-refractivity contribution in [3.63, 3.8) is 0 Å². The van der Waals surface area contributed by atoms with Crippen LogP contribution in [0.4, 0.5) is 13.2 Å². The second kappa shape index (κ2) is 4.91. The van der Waals surface area contributed by atoms with E-state index in [4.69, 9.17) is 11.6 Å². The smallest absolute Gasteiger partial charge is 0.292 e. The molecule has 0 aliphatic carbocycles. The third-order valence-electron chi connectivity index (χ3n) is 1.92. The lowest BCUT2D eigenvalue weighted by Crippen LogP contribution is -2.13. The molecule has 1 nitrogen and oxygen atoms in total. The highest BCUT2D eigenvalue weighted by molar-refractivity contribution is 14.1. The van der Waals surface area contributed by atoms with Gasteiger partial charge < -0.3 is 0 Å². The molecular formula is C10H7ClF3IO. The SMILES string of the molecule is CC(Cl)C(=O)c1ccc(C(F)(F)F)cc1I. The molecule has 0 saturated heterocycles. The molecule has 0 saturated carbocycles. The van der Waals surface area contributed by atoms with E-state index in [9.17, 15) is 18.0 Å². The van der Waals surface area contributed by atoms with Crippen LogP contribution in [-0.2, 0) is 6.18 Å². The van der Waals surface area contributed by atoms with Gasteiger partial charge in [-0.3, -0.25) is 4.79 Å². The predicted octanol–water partition coefficient (Wildman–Crippen LogP) is 4.12. The summed E-state index contributed by atoms with van der Waals surface area (Å²) in [6.45, 7) is 1.48. The van der Waals surface area contributed by atoms with Crippen molar-refractivity contribution in [2.24, 2.45) is 0 Å². The number of halogens is 5. The molecule has 0 spiro atoms. The monoisotopic (exact) mass is 362 g/mol. The summed E-state index contributed by atoms with van der Waals surface area (Å²) in [5.74, 6) is -0.375. The zero-order chi connectivity index (χ0) is 12.5. The molecule has 1 aromatic carbocycles. The van der Waals surface area contributed by atoms with Crippen molar-refractivity contribution < 1.29 is 18.0 Å². The highest BCUT2D eigenvalue weighted by Gasteiger charge is 2.31. The van der Waals surface area contributed by atoms with Crippen LogP contribution in [-0.4, -0.2) is 11.2 Å². The van der Waals surface area contributed by atoms with Crippen LogP contribution < -0.4 is 0 Å². The maximum absolute atomic E-state index is 12.3. The molecule has 16 heavy (non-hydrogen) atoms. The Balaban J connectivity index is 3.15. The van der Waals surface area contributed by atoms with E-state index in [0.717, 1.165) is 18.2 Å². The van der Waals surface area contributed by atoms with Gasteiger partial charge in [-0.2, -0.15) is 13.2 Å². The fourth-order valence-electron chi connectivity index (χ4n) is 1.11. The number of rotatable bonds is 2.